The Morgan fingerprint density at radius 1 is 1.14 bits per heavy atom. The normalized spacial score (nSPS) is 21.7. The van der Waals surface area contributed by atoms with Crippen LogP contribution in [0.3, 0.4) is 0 Å². The minimum atomic E-state index is 0. The number of piperidine rings is 1. The fourth-order valence-electron chi connectivity index (χ4n) is 4.01. The molecule has 1 unspecified atom stereocenters. The quantitative estimate of drug-likeness (QED) is 0.210. The molecule has 2 saturated heterocycles. The van der Waals surface area contributed by atoms with Gasteiger partial charge in [-0.3, -0.25) is 9.69 Å². The molecular weight excluding hydrogens is 479 g/mol. The molecule has 0 aromatic carbocycles. The third-order valence-corrected chi connectivity index (χ3v) is 6.10. The number of carbonyl (C=O) groups is 1. The highest BCUT2D eigenvalue weighted by Crippen LogP contribution is 2.16. The van der Waals surface area contributed by atoms with E-state index in [1.807, 2.05) is 0 Å². The highest BCUT2D eigenvalue weighted by molar-refractivity contribution is 14.0. The van der Waals surface area contributed by atoms with Crippen molar-refractivity contribution in [1.82, 2.24) is 25.3 Å². The van der Waals surface area contributed by atoms with Crippen molar-refractivity contribution in [1.29, 1.82) is 0 Å². The number of hydrogen-bond donors (Lipinski definition) is 2. The lowest BCUT2D eigenvalue weighted by molar-refractivity contribution is -0.127. The van der Waals surface area contributed by atoms with Gasteiger partial charge in [0.2, 0.25) is 5.91 Å². The highest BCUT2D eigenvalue weighted by atomic mass is 127. The van der Waals surface area contributed by atoms with Gasteiger partial charge < -0.3 is 20.4 Å². The maximum absolute atomic E-state index is 11.9. The average Bonchev–Trinajstić information content (AvgIpc) is 3.15. The second-order valence-electron chi connectivity index (χ2n) is 8.56. The molecule has 0 aliphatic carbocycles. The fraction of sp³-hybridized carbons (Fsp3) is 0.905. The summed E-state index contributed by atoms with van der Waals surface area (Å²) in [6.45, 7) is 12.4. The Balaban J connectivity index is 0.00000420. The Hall–Kier alpha value is -0.610. The smallest absolute Gasteiger partial charge is 0.243 e. The number of halogens is 1. The van der Waals surface area contributed by atoms with Gasteiger partial charge in [0, 0.05) is 33.2 Å². The molecule has 0 bridgehead atoms. The molecule has 1 amide bonds. The summed E-state index contributed by atoms with van der Waals surface area (Å²) < 4.78 is 0. The molecule has 2 heterocycles. The summed E-state index contributed by atoms with van der Waals surface area (Å²) in [6, 6.07) is 0.567. The number of amides is 1. The van der Waals surface area contributed by atoms with Gasteiger partial charge in [0.1, 0.15) is 6.54 Å². The van der Waals surface area contributed by atoms with E-state index in [1.165, 1.54) is 45.3 Å². The van der Waals surface area contributed by atoms with E-state index in [-0.39, 0.29) is 36.4 Å². The molecule has 2 rings (SSSR count). The van der Waals surface area contributed by atoms with Crippen molar-refractivity contribution in [3.63, 3.8) is 0 Å². The number of nitrogens with one attached hydrogen (secondary N) is 2. The molecule has 2 N–H and O–H groups in total. The Morgan fingerprint density at radius 3 is 2.52 bits per heavy atom. The number of likely N-dealkylation sites (N-methyl/N-ethyl adjacent to an activating group) is 2. The van der Waals surface area contributed by atoms with Crippen LogP contribution in [0, 0.1) is 5.92 Å². The zero-order valence-corrected chi connectivity index (χ0v) is 21.3. The van der Waals surface area contributed by atoms with Gasteiger partial charge in [0.15, 0.2) is 5.96 Å². The first-order valence-corrected chi connectivity index (χ1v) is 11.2. The molecule has 2 aliphatic heterocycles. The van der Waals surface area contributed by atoms with Gasteiger partial charge >= 0.3 is 0 Å². The van der Waals surface area contributed by atoms with Crippen molar-refractivity contribution in [2.75, 3.05) is 66.5 Å². The molecule has 170 valence electrons. The van der Waals surface area contributed by atoms with E-state index in [0.717, 1.165) is 44.5 Å². The van der Waals surface area contributed by atoms with Gasteiger partial charge in [-0.05, 0) is 70.7 Å². The third kappa shape index (κ3) is 9.83. The minimum absolute atomic E-state index is 0. The molecule has 0 saturated carbocycles. The van der Waals surface area contributed by atoms with Crippen LogP contribution in [-0.4, -0.2) is 99.1 Å². The lowest BCUT2D eigenvalue weighted by Gasteiger charge is -2.30. The Morgan fingerprint density at radius 2 is 1.86 bits per heavy atom. The number of rotatable bonds is 9. The summed E-state index contributed by atoms with van der Waals surface area (Å²) >= 11 is 0. The molecule has 7 nitrogen and oxygen atoms in total. The average molecular weight is 523 g/mol. The maximum atomic E-state index is 11.9. The number of aliphatic imine (C=N–C) groups is 1. The van der Waals surface area contributed by atoms with Crippen LogP contribution in [-0.2, 0) is 4.79 Å². The Labute approximate surface area is 195 Å². The van der Waals surface area contributed by atoms with Crippen molar-refractivity contribution in [2.45, 2.75) is 52.0 Å². The topological polar surface area (TPSA) is 63.2 Å². The van der Waals surface area contributed by atoms with Gasteiger partial charge in [-0.25, -0.2) is 4.99 Å². The van der Waals surface area contributed by atoms with Crippen LogP contribution >= 0.6 is 24.0 Å². The van der Waals surface area contributed by atoms with E-state index >= 15 is 0 Å². The number of carbonyl (C=O) groups excluding carboxylic acids is 1. The molecule has 29 heavy (non-hydrogen) atoms. The van der Waals surface area contributed by atoms with Crippen LogP contribution in [0.5, 0.6) is 0 Å². The van der Waals surface area contributed by atoms with Crippen LogP contribution in [0.1, 0.15) is 46.0 Å². The Kier molecular flexibility index (Phi) is 13.1. The molecule has 2 aliphatic rings. The third-order valence-electron chi connectivity index (χ3n) is 6.10. The van der Waals surface area contributed by atoms with Crippen LogP contribution < -0.4 is 10.6 Å². The van der Waals surface area contributed by atoms with Crippen molar-refractivity contribution < 1.29 is 4.79 Å². The Bertz CT molecular complexity index is 494. The molecule has 0 spiro atoms. The minimum Gasteiger partial charge on any atom is -0.356 e. The van der Waals surface area contributed by atoms with Gasteiger partial charge in [-0.1, -0.05) is 13.8 Å². The standard InChI is InChI=1S/C21H42N6O.HI/c1-5-27-13-6-8-19(27)16-23-21(24-17-20(28)25(3)4)22-11-7-12-26-14-9-18(2)10-15-26;/h18-19H,5-17H2,1-4H3,(H2,22,23,24);1H. The van der Waals surface area contributed by atoms with E-state index in [9.17, 15) is 4.79 Å². The van der Waals surface area contributed by atoms with Crippen molar-refractivity contribution >= 4 is 35.8 Å². The second kappa shape index (κ2) is 14.4. The number of likely N-dealkylation sites (tertiary alicyclic amines) is 2. The van der Waals surface area contributed by atoms with E-state index in [1.54, 1.807) is 19.0 Å². The zero-order valence-electron chi connectivity index (χ0n) is 19.0. The van der Waals surface area contributed by atoms with Crippen LogP contribution in [0.4, 0.5) is 0 Å². The summed E-state index contributed by atoms with van der Waals surface area (Å²) in [5, 5.41) is 6.92. The van der Waals surface area contributed by atoms with E-state index in [4.69, 9.17) is 0 Å². The van der Waals surface area contributed by atoms with E-state index in [2.05, 4.69) is 39.3 Å². The lowest BCUT2D eigenvalue weighted by Crippen LogP contribution is -2.46. The predicted molar refractivity (Wildman–Crippen MR) is 132 cm³/mol. The molecule has 0 radical (unpaired) electrons. The monoisotopic (exact) mass is 522 g/mol. The number of guanidine groups is 1. The summed E-state index contributed by atoms with van der Waals surface area (Å²) in [5.41, 5.74) is 0. The van der Waals surface area contributed by atoms with E-state index < -0.39 is 0 Å². The second-order valence-corrected chi connectivity index (χ2v) is 8.56. The first kappa shape index (κ1) is 26.4. The molecular formula is C21H43IN6O. The number of nitrogens with zero attached hydrogens (tertiary/aromatic N) is 4. The fourth-order valence-corrected chi connectivity index (χ4v) is 4.01. The molecule has 2 fully saturated rings. The molecule has 0 aromatic rings. The summed E-state index contributed by atoms with van der Waals surface area (Å²) in [5.74, 6) is 1.68. The maximum Gasteiger partial charge on any atom is 0.243 e. The van der Waals surface area contributed by atoms with Crippen molar-refractivity contribution in [2.24, 2.45) is 10.9 Å². The molecule has 1 atom stereocenters. The number of hydrogen-bond acceptors (Lipinski definition) is 4. The van der Waals surface area contributed by atoms with E-state index in [0.29, 0.717) is 6.04 Å². The lowest BCUT2D eigenvalue weighted by atomic mass is 9.99. The van der Waals surface area contributed by atoms with Crippen LogP contribution in [0.25, 0.3) is 0 Å². The predicted octanol–water partition coefficient (Wildman–Crippen LogP) is 1.83. The summed E-state index contributed by atoms with van der Waals surface area (Å²) in [6.07, 6.45) is 6.25. The highest BCUT2D eigenvalue weighted by Gasteiger charge is 2.23. The first-order valence-electron chi connectivity index (χ1n) is 11.2. The van der Waals surface area contributed by atoms with Gasteiger partial charge in [0.05, 0.1) is 0 Å². The van der Waals surface area contributed by atoms with Gasteiger partial charge in [-0.2, -0.15) is 0 Å². The SMILES string of the molecule is CCN1CCCC1CNC(=NCC(=O)N(C)C)NCCCN1CCC(C)CC1.I. The van der Waals surface area contributed by atoms with Gasteiger partial charge in [-0.15, -0.1) is 24.0 Å². The van der Waals surface area contributed by atoms with Crippen LogP contribution in [0.15, 0.2) is 4.99 Å². The zero-order chi connectivity index (χ0) is 20.4. The first-order chi connectivity index (χ1) is 13.5. The van der Waals surface area contributed by atoms with Crippen molar-refractivity contribution in [3.05, 3.63) is 0 Å². The summed E-state index contributed by atoms with van der Waals surface area (Å²) in [4.78, 5) is 23.1. The molecule has 0 aromatic heterocycles. The largest absolute Gasteiger partial charge is 0.356 e. The molecule has 8 heteroatoms. The summed E-state index contributed by atoms with van der Waals surface area (Å²) in [7, 11) is 3.55. The van der Waals surface area contributed by atoms with Crippen LogP contribution in [0.2, 0.25) is 0 Å². The van der Waals surface area contributed by atoms with Gasteiger partial charge in [0.25, 0.3) is 0 Å². The van der Waals surface area contributed by atoms with Crippen molar-refractivity contribution in [3.8, 4) is 0 Å².